The average Bonchev–Trinajstić information content (AvgIpc) is 2.64. The SMILES string of the molecule is COC(=O)c1cccc(SCCSc2cccc(C(=O)OC)c2)c1. The summed E-state index contributed by atoms with van der Waals surface area (Å²) in [6.45, 7) is 0. The molecular formula is C18H18O4S2. The van der Waals surface area contributed by atoms with Gasteiger partial charge in [-0.15, -0.1) is 23.5 Å². The fourth-order valence-corrected chi connectivity index (χ4v) is 3.89. The van der Waals surface area contributed by atoms with Gasteiger partial charge >= 0.3 is 11.9 Å². The van der Waals surface area contributed by atoms with Crippen molar-refractivity contribution in [2.75, 3.05) is 25.7 Å². The Morgan fingerprint density at radius 1 is 0.792 bits per heavy atom. The molecule has 2 aromatic carbocycles. The fraction of sp³-hybridized carbons (Fsp3) is 0.222. The first-order chi connectivity index (χ1) is 11.6. The summed E-state index contributed by atoms with van der Waals surface area (Å²) in [4.78, 5) is 25.1. The van der Waals surface area contributed by atoms with E-state index in [9.17, 15) is 9.59 Å². The Morgan fingerprint density at radius 2 is 1.21 bits per heavy atom. The van der Waals surface area contributed by atoms with Crippen LogP contribution in [0.4, 0.5) is 0 Å². The zero-order valence-corrected chi connectivity index (χ0v) is 15.1. The molecule has 0 radical (unpaired) electrons. The Kier molecular flexibility index (Phi) is 7.21. The number of methoxy groups -OCH3 is 2. The second-order valence-corrected chi connectivity index (χ2v) is 7.07. The van der Waals surface area contributed by atoms with Gasteiger partial charge in [0, 0.05) is 21.3 Å². The summed E-state index contributed by atoms with van der Waals surface area (Å²) in [6, 6.07) is 14.8. The number of hydrogen-bond acceptors (Lipinski definition) is 6. The molecule has 0 fully saturated rings. The third-order valence-electron chi connectivity index (χ3n) is 3.13. The van der Waals surface area contributed by atoms with E-state index in [1.807, 2.05) is 36.4 Å². The smallest absolute Gasteiger partial charge is 0.337 e. The standard InChI is InChI=1S/C18H18O4S2/c1-21-17(19)13-5-3-7-15(11-13)23-9-10-24-16-8-4-6-14(12-16)18(20)22-2/h3-8,11-12H,9-10H2,1-2H3. The molecule has 2 aromatic rings. The van der Waals surface area contributed by atoms with Gasteiger partial charge in [0.05, 0.1) is 25.3 Å². The van der Waals surface area contributed by atoms with Crippen molar-refractivity contribution in [1.82, 2.24) is 0 Å². The summed E-state index contributed by atoms with van der Waals surface area (Å²) in [6.07, 6.45) is 0. The molecule has 0 bridgehead atoms. The lowest BCUT2D eigenvalue weighted by atomic mass is 10.2. The van der Waals surface area contributed by atoms with Crippen molar-refractivity contribution in [3.63, 3.8) is 0 Å². The van der Waals surface area contributed by atoms with Crippen molar-refractivity contribution in [3.05, 3.63) is 59.7 Å². The lowest BCUT2D eigenvalue weighted by Crippen LogP contribution is -2.01. The van der Waals surface area contributed by atoms with Crippen LogP contribution in [0.2, 0.25) is 0 Å². The number of benzene rings is 2. The molecular weight excluding hydrogens is 344 g/mol. The van der Waals surface area contributed by atoms with Gasteiger partial charge in [0.15, 0.2) is 0 Å². The van der Waals surface area contributed by atoms with Crippen molar-refractivity contribution in [3.8, 4) is 0 Å². The van der Waals surface area contributed by atoms with Crippen molar-refractivity contribution >= 4 is 35.5 Å². The molecule has 0 aromatic heterocycles. The van der Waals surface area contributed by atoms with Crippen LogP contribution in [0, 0.1) is 0 Å². The first-order valence-corrected chi connectivity index (χ1v) is 9.23. The second kappa shape index (κ2) is 9.39. The van der Waals surface area contributed by atoms with E-state index in [0.29, 0.717) is 11.1 Å². The number of rotatable bonds is 7. The van der Waals surface area contributed by atoms with Crippen LogP contribution in [0.1, 0.15) is 20.7 Å². The summed E-state index contributed by atoms with van der Waals surface area (Å²) in [5.41, 5.74) is 1.11. The van der Waals surface area contributed by atoms with Crippen LogP contribution in [0.3, 0.4) is 0 Å². The van der Waals surface area contributed by atoms with Crippen molar-refractivity contribution < 1.29 is 19.1 Å². The van der Waals surface area contributed by atoms with Gasteiger partial charge in [-0.3, -0.25) is 0 Å². The molecule has 0 amide bonds. The molecule has 0 saturated carbocycles. The predicted molar refractivity (Wildman–Crippen MR) is 97.0 cm³/mol. The zero-order valence-electron chi connectivity index (χ0n) is 13.5. The largest absolute Gasteiger partial charge is 0.465 e. The number of carbonyl (C=O) groups excluding carboxylic acids is 2. The van der Waals surface area contributed by atoms with E-state index in [4.69, 9.17) is 9.47 Å². The molecule has 0 heterocycles. The Labute approximate surface area is 149 Å². The maximum atomic E-state index is 11.5. The van der Waals surface area contributed by atoms with Crippen LogP contribution < -0.4 is 0 Å². The van der Waals surface area contributed by atoms with E-state index in [2.05, 4.69) is 0 Å². The van der Waals surface area contributed by atoms with E-state index < -0.39 is 0 Å². The highest BCUT2D eigenvalue weighted by molar-refractivity contribution is 8.03. The summed E-state index contributed by atoms with van der Waals surface area (Å²) < 4.78 is 9.45. The third-order valence-corrected chi connectivity index (χ3v) is 5.38. The molecule has 0 saturated heterocycles. The Balaban J connectivity index is 1.85. The van der Waals surface area contributed by atoms with Gasteiger partial charge in [-0.05, 0) is 36.4 Å². The van der Waals surface area contributed by atoms with Gasteiger partial charge in [0.25, 0.3) is 0 Å². The molecule has 24 heavy (non-hydrogen) atoms. The zero-order chi connectivity index (χ0) is 17.4. The van der Waals surface area contributed by atoms with Crippen LogP contribution in [0.5, 0.6) is 0 Å². The highest BCUT2D eigenvalue weighted by Gasteiger charge is 2.07. The van der Waals surface area contributed by atoms with E-state index in [1.165, 1.54) is 14.2 Å². The lowest BCUT2D eigenvalue weighted by molar-refractivity contribution is 0.0591. The van der Waals surface area contributed by atoms with Crippen molar-refractivity contribution in [2.45, 2.75) is 9.79 Å². The number of thioether (sulfide) groups is 2. The summed E-state index contributed by atoms with van der Waals surface area (Å²) in [7, 11) is 2.75. The second-order valence-electron chi connectivity index (χ2n) is 4.74. The summed E-state index contributed by atoms with van der Waals surface area (Å²) >= 11 is 3.35. The van der Waals surface area contributed by atoms with E-state index in [-0.39, 0.29) is 11.9 Å². The molecule has 2 rings (SSSR count). The van der Waals surface area contributed by atoms with Gasteiger partial charge in [0.2, 0.25) is 0 Å². The van der Waals surface area contributed by atoms with Crippen LogP contribution in [0.25, 0.3) is 0 Å². The molecule has 0 aliphatic carbocycles. The number of carbonyl (C=O) groups is 2. The van der Waals surface area contributed by atoms with Gasteiger partial charge in [-0.2, -0.15) is 0 Å². The number of ether oxygens (including phenoxy) is 2. The highest BCUT2D eigenvalue weighted by Crippen LogP contribution is 2.24. The van der Waals surface area contributed by atoms with Gasteiger partial charge in [-0.1, -0.05) is 12.1 Å². The molecule has 0 spiro atoms. The molecule has 0 aliphatic heterocycles. The minimum Gasteiger partial charge on any atom is -0.465 e. The normalized spacial score (nSPS) is 10.2. The van der Waals surface area contributed by atoms with E-state index in [0.717, 1.165) is 21.3 Å². The summed E-state index contributed by atoms with van der Waals surface area (Å²) in [5.74, 6) is 1.12. The quantitative estimate of drug-likeness (QED) is 0.419. The lowest BCUT2D eigenvalue weighted by Gasteiger charge is -2.05. The van der Waals surface area contributed by atoms with Crippen molar-refractivity contribution in [1.29, 1.82) is 0 Å². The summed E-state index contributed by atoms with van der Waals surface area (Å²) in [5, 5.41) is 0. The van der Waals surface area contributed by atoms with Crippen LogP contribution in [-0.4, -0.2) is 37.7 Å². The molecule has 0 N–H and O–H groups in total. The number of esters is 2. The van der Waals surface area contributed by atoms with Gasteiger partial charge in [0.1, 0.15) is 0 Å². The molecule has 4 nitrogen and oxygen atoms in total. The maximum absolute atomic E-state index is 11.5. The molecule has 126 valence electrons. The highest BCUT2D eigenvalue weighted by atomic mass is 32.2. The minimum atomic E-state index is -0.327. The van der Waals surface area contributed by atoms with Crippen molar-refractivity contribution in [2.24, 2.45) is 0 Å². The van der Waals surface area contributed by atoms with E-state index >= 15 is 0 Å². The Bertz CT molecular complexity index is 654. The Hall–Kier alpha value is -1.92. The Morgan fingerprint density at radius 3 is 1.58 bits per heavy atom. The minimum absolute atomic E-state index is 0.327. The molecule has 0 unspecified atom stereocenters. The van der Waals surface area contributed by atoms with Gasteiger partial charge < -0.3 is 9.47 Å². The first kappa shape index (κ1) is 18.4. The van der Waals surface area contributed by atoms with E-state index in [1.54, 1.807) is 35.7 Å². The van der Waals surface area contributed by atoms with Crippen LogP contribution in [0.15, 0.2) is 58.3 Å². The molecule has 0 aliphatic rings. The first-order valence-electron chi connectivity index (χ1n) is 7.26. The molecule has 0 atom stereocenters. The predicted octanol–water partition coefficient (Wildman–Crippen LogP) is 4.14. The topological polar surface area (TPSA) is 52.6 Å². The average molecular weight is 362 g/mol. The fourth-order valence-electron chi connectivity index (χ4n) is 1.98. The van der Waals surface area contributed by atoms with Gasteiger partial charge in [-0.25, -0.2) is 9.59 Å². The third kappa shape index (κ3) is 5.32. The van der Waals surface area contributed by atoms with Crippen LogP contribution in [-0.2, 0) is 9.47 Å². The maximum Gasteiger partial charge on any atom is 0.337 e. The molecule has 6 heteroatoms. The van der Waals surface area contributed by atoms with Crippen LogP contribution >= 0.6 is 23.5 Å². The number of hydrogen-bond donors (Lipinski definition) is 0. The monoisotopic (exact) mass is 362 g/mol.